The van der Waals surface area contributed by atoms with Crippen molar-refractivity contribution in [3.63, 3.8) is 0 Å². The number of carbonyl (C=O) groups excluding carboxylic acids is 2. The molecule has 0 saturated carbocycles. The van der Waals surface area contributed by atoms with Crippen LogP contribution in [0.4, 0.5) is 5.69 Å². The number of amides is 2. The van der Waals surface area contributed by atoms with Crippen molar-refractivity contribution in [1.82, 2.24) is 9.80 Å². The highest BCUT2D eigenvalue weighted by Gasteiger charge is 2.27. The average molecular weight is 367 g/mol. The molecule has 1 aromatic carbocycles. The smallest absolute Gasteiger partial charge is 0.243 e. The van der Waals surface area contributed by atoms with Crippen LogP contribution in [0.25, 0.3) is 0 Å². The first-order chi connectivity index (χ1) is 11.6. The summed E-state index contributed by atoms with van der Waals surface area (Å²) in [5, 5.41) is 0. The number of anilines is 1. The summed E-state index contributed by atoms with van der Waals surface area (Å²) in [6.45, 7) is 6.82. The van der Waals surface area contributed by atoms with Gasteiger partial charge in [-0.2, -0.15) is 0 Å². The third kappa shape index (κ3) is 4.72. The number of piperazine rings is 1. The first-order valence-corrected chi connectivity index (χ1v) is 10.0. The molecule has 0 atom stereocenters. The molecule has 0 spiro atoms. The molecule has 0 unspecified atom stereocenters. The van der Waals surface area contributed by atoms with Gasteiger partial charge in [-0.25, -0.2) is 8.42 Å². The number of sulfonamides is 1. The van der Waals surface area contributed by atoms with Gasteiger partial charge >= 0.3 is 0 Å². The summed E-state index contributed by atoms with van der Waals surface area (Å²) in [5.41, 5.74) is 2.35. The second-order valence-electron chi connectivity index (χ2n) is 6.45. The van der Waals surface area contributed by atoms with E-state index >= 15 is 0 Å². The Bertz CT molecular complexity index is 768. The van der Waals surface area contributed by atoms with Crippen molar-refractivity contribution < 1.29 is 18.0 Å². The fourth-order valence-electron chi connectivity index (χ4n) is 2.96. The maximum atomic E-state index is 12.6. The van der Waals surface area contributed by atoms with Gasteiger partial charge in [0.15, 0.2) is 0 Å². The Morgan fingerprint density at radius 1 is 1.08 bits per heavy atom. The lowest BCUT2D eigenvalue weighted by Gasteiger charge is -2.35. The van der Waals surface area contributed by atoms with E-state index < -0.39 is 10.0 Å². The molecular formula is C17H25N3O4S. The van der Waals surface area contributed by atoms with Gasteiger partial charge in [0.1, 0.15) is 6.54 Å². The van der Waals surface area contributed by atoms with Crippen molar-refractivity contribution in [3.8, 4) is 0 Å². The van der Waals surface area contributed by atoms with Gasteiger partial charge in [0.25, 0.3) is 0 Å². The summed E-state index contributed by atoms with van der Waals surface area (Å²) >= 11 is 0. The van der Waals surface area contributed by atoms with Gasteiger partial charge in [0.2, 0.25) is 21.8 Å². The van der Waals surface area contributed by atoms with Gasteiger partial charge < -0.3 is 9.80 Å². The van der Waals surface area contributed by atoms with Crippen LogP contribution in [-0.4, -0.2) is 69.0 Å². The van der Waals surface area contributed by atoms with Crippen molar-refractivity contribution in [2.75, 3.05) is 43.3 Å². The van der Waals surface area contributed by atoms with Crippen molar-refractivity contribution in [2.24, 2.45) is 0 Å². The van der Waals surface area contributed by atoms with Gasteiger partial charge in [-0.1, -0.05) is 17.7 Å². The first-order valence-electron chi connectivity index (χ1n) is 8.18. The monoisotopic (exact) mass is 367 g/mol. The zero-order chi connectivity index (χ0) is 18.8. The SMILES string of the molecule is CC(=O)N1CCN(C(=O)CN(c2ccc(C)cc2C)S(C)(=O)=O)CC1. The Hall–Kier alpha value is -2.09. The highest BCUT2D eigenvalue weighted by molar-refractivity contribution is 7.92. The summed E-state index contributed by atoms with van der Waals surface area (Å²) in [6, 6.07) is 5.45. The Labute approximate surface area is 149 Å². The summed E-state index contributed by atoms with van der Waals surface area (Å²) in [7, 11) is -3.59. The zero-order valence-corrected chi connectivity index (χ0v) is 16.0. The van der Waals surface area contributed by atoms with Crippen LogP contribution in [0.1, 0.15) is 18.1 Å². The van der Waals surface area contributed by atoms with Crippen LogP contribution in [0.2, 0.25) is 0 Å². The second kappa shape index (κ2) is 7.43. The van der Waals surface area contributed by atoms with E-state index in [2.05, 4.69) is 0 Å². The van der Waals surface area contributed by atoms with Crippen LogP contribution in [0, 0.1) is 13.8 Å². The summed E-state index contributed by atoms with van der Waals surface area (Å²) < 4.78 is 25.6. The molecular weight excluding hydrogens is 342 g/mol. The second-order valence-corrected chi connectivity index (χ2v) is 8.35. The highest BCUT2D eigenvalue weighted by atomic mass is 32.2. The summed E-state index contributed by atoms with van der Waals surface area (Å²) in [5.74, 6) is -0.270. The van der Waals surface area contributed by atoms with Gasteiger partial charge in [-0.05, 0) is 25.5 Å². The Morgan fingerprint density at radius 3 is 2.12 bits per heavy atom. The Balaban J connectivity index is 2.16. The van der Waals surface area contributed by atoms with E-state index in [0.29, 0.717) is 31.9 Å². The number of nitrogens with zero attached hydrogens (tertiary/aromatic N) is 3. The van der Waals surface area contributed by atoms with Crippen LogP contribution < -0.4 is 4.31 Å². The summed E-state index contributed by atoms with van der Waals surface area (Å²) in [4.78, 5) is 27.3. The van der Waals surface area contributed by atoms with E-state index in [1.54, 1.807) is 15.9 Å². The molecule has 1 heterocycles. The molecule has 7 nitrogen and oxygen atoms in total. The fraction of sp³-hybridized carbons (Fsp3) is 0.529. The molecule has 1 aliphatic heterocycles. The predicted molar refractivity (Wildman–Crippen MR) is 96.9 cm³/mol. The van der Waals surface area contributed by atoms with Crippen molar-refractivity contribution in [1.29, 1.82) is 0 Å². The minimum absolute atomic E-state index is 0.0138. The van der Waals surface area contributed by atoms with Crippen LogP contribution >= 0.6 is 0 Å². The van der Waals surface area contributed by atoms with Gasteiger partial charge in [0.05, 0.1) is 11.9 Å². The lowest BCUT2D eigenvalue weighted by atomic mass is 10.1. The standard InChI is InChI=1S/C17H25N3O4S/c1-13-5-6-16(14(2)11-13)20(25(4,23)24)12-17(22)19-9-7-18(8-10-19)15(3)21/h5-6,11H,7-10,12H2,1-4H3. The van der Waals surface area contributed by atoms with Crippen LogP contribution in [0.3, 0.4) is 0 Å². The number of rotatable bonds is 4. The van der Waals surface area contributed by atoms with Crippen LogP contribution in [0.15, 0.2) is 18.2 Å². The maximum Gasteiger partial charge on any atom is 0.243 e. The molecule has 2 rings (SSSR count). The molecule has 1 aromatic rings. The van der Waals surface area contributed by atoms with Crippen molar-refractivity contribution in [3.05, 3.63) is 29.3 Å². The number of aryl methyl sites for hydroxylation is 2. The van der Waals surface area contributed by atoms with E-state index in [1.807, 2.05) is 26.0 Å². The molecule has 1 fully saturated rings. The van der Waals surface area contributed by atoms with E-state index in [1.165, 1.54) is 6.92 Å². The fourth-order valence-corrected chi connectivity index (χ4v) is 3.87. The van der Waals surface area contributed by atoms with Crippen LogP contribution in [0.5, 0.6) is 0 Å². The van der Waals surface area contributed by atoms with E-state index in [9.17, 15) is 18.0 Å². The number of hydrogen-bond acceptors (Lipinski definition) is 4. The van der Waals surface area contributed by atoms with E-state index in [-0.39, 0.29) is 18.4 Å². The lowest BCUT2D eigenvalue weighted by molar-refractivity contribution is -0.137. The van der Waals surface area contributed by atoms with Crippen molar-refractivity contribution in [2.45, 2.75) is 20.8 Å². The Kier molecular flexibility index (Phi) is 5.72. The highest BCUT2D eigenvalue weighted by Crippen LogP contribution is 2.23. The van der Waals surface area contributed by atoms with Gasteiger partial charge in [-0.3, -0.25) is 13.9 Å². The van der Waals surface area contributed by atoms with E-state index in [4.69, 9.17) is 0 Å². The molecule has 2 amide bonds. The number of carbonyl (C=O) groups is 2. The molecule has 0 bridgehead atoms. The van der Waals surface area contributed by atoms with E-state index in [0.717, 1.165) is 21.7 Å². The molecule has 25 heavy (non-hydrogen) atoms. The number of benzene rings is 1. The molecule has 1 aliphatic rings. The van der Waals surface area contributed by atoms with Gasteiger partial charge in [0, 0.05) is 33.1 Å². The molecule has 0 aromatic heterocycles. The largest absolute Gasteiger partial charge is 0.339 e. The zero-order valence-electron chi connectivity index (χ0n) is 15.2. The van der Waals surface area contributed by atoms with Crippen LogP contribution in [-0.2, 0) is 19.6 Å². The molecule has 8 heteroatoms. The molecule has 0 aliphatic carbocycles. The number of hydrogen-bond donors (Lipinski definition) is 0. The normalized spacial score (nSPS) is 15.2. The topological polar surface area (TPSA) is 78.0 Å². The first kappa shape index (κ1) is 19.2. The molecule has 138 valence electrons. The summed E-state index contributed by atoms with van der Waals surface area (Å²) in [6.07, 6.45) is 1.10. The van der Waals surface area contributed by atoms with Crippen molar-refractivity contribution >= 4 is 27.5 Å². The minimum atomic E-state index is -3.59. The minimum Gasteiger partial charge on any atom is -0.339 e. The molecule has 0 radical (unpaired) electrons. The predicted octanol–water partition coefficient (Wildman–Crippen LogP) is 0.760. The third-order valence-electron chi connectivity index (χ3n) is 4.38. The average Bonchev–Trinajstić information content (AvgIpc) is 2.52. The quantitative estimate of drug-likeness (QED) is 0.787. The van der Waals surface area contributed by atoms with Gasteiger partial charge in [-0.15, -0.1) is 0 Å². The maximum absolute atomic E-state index is 12.6. The molecule has 1 saturated heterocycles. The molecule has 0 N–H and O–H groups in total. The Morgan fingerprint density at radius 2 is 1.64 bits per heavy atom. The third-order valence-corrected chi connectivity index (χ3v) is 5.50. The lowest BCUT2D eigenvalue weighted by Crippen LogP contribution is -2.52.